The van der Waals surface area contributed by atoms with Gasteiger partial charge in [-0.25, -0.2) is 9.78 Å². The van der Waals surface area contributed by atoms with Gasteiger partial charge in [0.05, 0.1) is 18.6 Å². The fourth-order valence-corrected chi connectivity index (χ4v) is 3.95. The number of carbonyl (C=O) groups excluding carboxylic acids is 1. The third-order valence-electron chi connectivity index (χ3n) is 5.61. The smallest absolute Gasteiger partial charge is 0.475 e. The molecule has 0 amide bonds. The molecular formula is C24H25F3N4O4. The molecule has 8 nitrogen and oxygen atoms in total. The van der Waals surface area contributed by atoms with Crippen molar-refractivity contribution in [1.82, 2.24) is 19.4 Å². The number of carboxylic acids is 1. The molecule has 0 saturated heterocycles. The molecule has 4 rings (SSSR count). The molecule has 3 heterocycles. The second-order valence-electron chi connectivity index (χ2n) is 8.03. The van der Waals surface area contributed by atoms with E-state index >= 15 is 0 Å². The number of hydrogen-bond acceptors (Lipinski definition) is 5. The van der Waals surface area contributed by atoms with Crippen LogP contribution < -0.4 is 10.9 Å². The lowest BCUT2D eigenvalue weighted by Crippen LogP contribution is -2.29. The fourth-order valence-electron chi connectivity index (χ4n) is 3.95. The van der Waals surface area contributed by atoms with Crippen molar-refractivity contribution in [3.63, 3.8) is 0 Å². The summed E-state index contributed by atoms with van der Waals surface area (Å²) in [6.07, 6.45) is -2.17. The largest absolute Gasteiger partial charge is 0.490 e. The number of benzene rings is 1. The van der Waals surface area contributed by atoms with E-state index in [2.05, 4.69) is 14.9 Å². The topological polar surface area (TPSA) is 106 Å². The molecule has 1 aliphatic rings. The van der Waals surface area contributed by atoms with Crippen LogP contribution in [0, 0.1) is 13.8 Å². The van der Waals surface area contributed by atoms with Gasteiger partial charge in [-0.2, -0.15) is 13.2 Å². The molecule has 1 aliphatic heterocycles. The quantitative estimate of drug-likeness (QED) is 0.545. The molecule has 0 aliphatic carbocycles. The number of halogens is 3. The molecule has 0 unspecified atom stereocenters. The third kappa shape index (κ3) is 6.04. The first-order valence-corrected chi connectivity index (χ1v) is 10.9. The lowest BCUT2D eigenvalue weighted by atomic mass is 10.1. The number of carbonyl (C=O) groups is 2. The van der Waals surface area contributed by atoms with E-state index in [4.69, 9.17) is 9.90 Å². The zero-order chi connectivity index (χ0) is 25.8. The van der Waals surface area contributed by atoms with Crippen molar-refractivity contribution in [2.24, 2.45) is 0 Å². The van der Waals surface area contributed by atoms with E-state index in [-0.39, 0.29) is 17.9 Å². The van der Waals surface area contributed by atoms with Crippen molar-refractivity contribution in [2.45, 2.75) is 39.4 Å². The van der Waals surface area contributed by atoms with Gasteiger partial charge in [0.2, 0.25) is 0 Å². The number of alkyl halides is 3. The van der Waals surface area contributed by atoms with Gasteiger partial charge in [-0.1, -0.05) is 18.2 Å². The van der Waals surface area contributed by atoms with E-state index in [9.17, 15) is 22.8 Å². The highest BCUT2D eigenvalue weighted by Crippen LogP contribution is 2.21. The average molecular weight is 490 g/mol. The van der Waals surface area contributed by atoms with Crippen molar-refractivity contribution in [3.8, 4) is 5.69 Å². The first-order valence-electron chi connectivity index (χ1n) is 10.9. The molecule has 2 aromatic heterocycles. The first-order chi connectivity index (χ1) is 16.5. The summed E-state index contributed by atoms with van der Waals surface area (Å²) in [5, 5.41) is 10.4. The number of rotatable bonds is 4. The Labute approximate surface area is 199 Å². The van der Waals surface area contributed by atoms with E-state index in [0.717, 1.165) is 47.8 Å². The second-order valence-corrected chi connectivity index (χ2v) is 8.03. The zero-order valence-corrected chi connectivity index (χ0v) is 19.2. The number of aryl methyl sites for hydroxylation is 1. The van der Waals surface area contributed by atoms with Crippen molar-refractivity contribution >= 4 is 11.8 Å². The van der Waals surface area contributed by atoms with Gasteiger partial charge >= 0.3 is 12.1 Å². The maximum atomic E-state index is 13.0. The molecule has 0 fully saturated rings. The van der Waals surface area contributed by atoms with E-state index < -0.39 is 12.1 Å². The number of fused-ring (bicyclic) bond motifs is 1. The van der Waals surface area contributed by atoms with Gasteiger partial charge in [0.15, 0.2) is 5.78 Å². The van der Waals surface area contributed by atoms with Gasteiger partial charge < -0.3 is 15.0 Å². The summed E-state index contributed by atoms with van der Waals surface area (Å²) >= 11 is 0. The second kappa shape index (κ2) is 10.7. The summed E-state index contributed by atoms with van der Waals surface area (Å²) in [6.45, 7) is 5.52. The van der Waals surface area contributed by atoms with Crippen LogP contribution in [0.25, 0.3) is 5.69 Å². The van der Waals surface area contributed by atoms with Crippen LogP contribution in [0.2, 0.25) is 0 Å². The molecule has 35 heavy (non-hydrogen) atoms. The molecule has 186 valence electrons. The Morgan fingerprint density at radius 1 is 1.11 bits per heavy atom. The normalized spacial score (nSPS) is 13.3. The highest BCUT2D eigenvalue weighted by atomic mass is 19.4. The Hall–Kier alpha value is -3.73. The molecule has 11 heteroatoms. The van der Waals surface area contributed by atoms with Gasteiger partial charge in [0, 0.05) is 41.2 Å². The van der Waals surface area contributed by atoms with Crippen molar-refractivity contribution < 1.29 is 27.9 Å². The Balaban J connectivity index is 0.000000429. The predicted octanol–water partition coefficient (Wildman–Crippen LogP) is 2.86. The summed E-state index contributed by atoms with van der Waals surface area (Å²) < 4.78 is 35.2. The number of nitrogens with zero attached hydrogens (tertiary/aromatic N) is 3. The summed E-state index contributed by atoms with van der Waals surface area (Å²) in [4.78, 5) is 39.2. The summed E-state index contributed by atoms with van der Waals surface area (Å²) in [5.41, 5.74) is 5.02. The molecule has 0 radical (unpaired) electrons. The SMILES string of the molecule is Cc1cc(C(=O)Cn2cnc3c(c2=O)CCNCC3)c(C)n1-c1ccccc1.O=C(O)C(F)(F)F. The number of Topliss-reactive ketones (excluding diaryl/α,β-unsaturated/α-hetero) is 1. The molecule has 0 spiro atoms. The van der Waals surface area contributed by atoms with Crippen LogP contribution in [0.4, 0.5) is 13.2 Å². The number of nitrogens with one attached hydrogen (secondary N) is 1. The lowest BCUT2D eigenvalue weighted by molar-refractivity contribution is -0.192. The van der Waals surface area contributed by atoms with Crippen LogP contribution in [0.15, 0.2) is 47.5 Å². The highest BCUT2D eigenvalue weighted by molar-refractivity contribution is 5.97. The standard InChI is InChI=1S/C22H24N4O2.C2HF3O2/c1-15-12-19(16(2)26(15)17-6-4-3-5-7-17)21(27)13-25-14-24-20-9-11-23-10-8-18(20)22(25)28;3-2(4,5)1(6)7/h3-7,12,14,23H,8-11,13H2,1-2H3;(H,6,7). The first kappa shape index (κ1) is 25.9. The monoisotopic (exact) mass is 490 g/mol. The van der Waals surface area contributed by atoms with Crippen molar-refractivity contribution in [3.05, 3.63) is 81.3 Å². The van der Waals surface area contributed by atoms with Gasteiger partial charge in [0.25, 0.3) is 5.56 Å². The van der Waals surface area contributed by atoms with Crippen molar-refractivity contribution in [1.29, 1.82) is 0 Å². The highest BCUT2D eigenvalue weighted by Gasteiger charge is 2.38. The van der Waals surface area contributed by atoms with Crippen LogP contribution in [-0.2, 0) is 24.2 Å². The van der Waals surface area contributed by atoms with Gasteiger partial charge in [-0.3, -0.25) is 14.2 Å². The van der Waals surface area contributed by atoms with Crippen LogP contribution in [0.1, 0.15) is 33.0 Å². The van der Waals surface area contributed by atoms with Crippen LogP contribution >= 0.6 is 0 Å². The van der Waals surface area contributed by atoms with Gasteiger partial charge in [-0.05, 0) is 45.0 Å². The van der Waals surface area contributed by atoms with Crippen LogP contribution in [-0.4, -0.2) is 50.2 Å². The lowest BCUT2D eigenvalue weighted by Gasteiger charge is -2.11. The summed E-state index contributed by atoms with van der Waals surface area (Å²) in [5.74, 6) is -2.83. The van der Waals surface area contributed by atoms with Gasteiger partial charge in [0.1, 0.15) is 0 Å². The minimum absolute atomic E-state index is 0.00558. The van der Waals surface area contributed by atoms with Gasteiger partial charge in [-0.15, -0.1) is 0 Å². The zero-order valence-electron chi connectivity index (χ0n) is 19.2. The Morgan fingerprint density at radius 2 is 1.74 bits per heavy atom. The summed E-state index contributed by atoms with van der Waals surface area (Å²) in [7, 11) is 0. The number of ketones is 1. The molecule has 2 N–H and O–H groups in total. The number of hydrogen-bond donors (Lipinski definition) is 2. The maximum Gasteiger partial charge on any atom is 0.490 e. The van der Waals surface area contributed by atoms with E-state index in [1.165, 1.54) is 10.9 Å². The van der Waals surface area contributed by atoms with Crippen LogP contribution in [0.3, 0.4) is 0 Å². The van der Waals surface area contributed by atoms with E-state index in [1.807, 2.05) is 50.2 Å². The Kier molecular flexibility index (Phi) is 7.90. The van der Waals surface area contributed by atoms with Crippen LogP contribution in [0.5, 0.6) is 0 Å². The van der Waals surface area contributed by atoms with Crippen molar-refractivity contribution in [2.75, 3.05) is 13.1 Å². The minimum Gasteiger partial charge on any atom is -0.475 e. The number of para-hydroxylation sites is 1. The molecule has 0 saturated carbocycles. The average Bonchev–Trinajstić information content (AvgIpc) is 2.96. The molecule has 3 aromatic rings. The number of aromatic nitrogens is 3. The molecule has 1 aromatic carbocycles. The molecule has 0 bridgehead atoms. The Bertz CT molecular complexity index is 1280. The molecule has 0 atom stereocenters. The fraction of sp³-hybridized carbons (Fsp3) is 0.333. The third-order valence-corrected chi connectivity index (χ3v) is 5.61. The van der Waals surface area contributed by atoms with E-state index in [0.29, 0.717) is 12.0 Å². The molecular weight excluding hydrogens is 465 g/mol. The number of carboxylic acid groups (broad SMARTS) is 1. The maximum absolute atomic E-state index is 13.0. The summed E-state index contributed by atoms with van der Waals surface area (Å²) in [6, 6.07) is 11.9. The predicted molar refractivity (Wildman–Crippen MR) is 122 cm³/mol. The minimum atomic E-state index is -5.08. The van der Waals surface area contributed by atoms with E-state index in [1.54, 1.807) is 0 Å². The Morgan fingerprint density at radius 3 is 2.37 bits per heavy atom. The number of aliphatic carboxylic acids is 1.